The summed E-state index contributed by atoms with van der Waals surface area (Å²) in [6, 6.07) is 0. The van der Waals surface area contributed by atoms with Crippen molar-refractivity contribution in [1.29, 1.82) is 0 Å². The van der Waals surface area contributed by atoms with Crippen LogP contribution in [0, 0.1) is 19.3 Å². The van der Waals surface area contributed by atoms with Crippen molar-refractivity contribution in [1.82, 2.24) is 20.7 Å². The number of rotatable bonds is 5. The van der Waals surface area contributed by atoms with Gasteiger partial charge in [0.25, 0.3) is 0 Å². The standard InChI is InChI=1S/C17H29N5O2.HI/c1-12-14(13(2)24-21-12)10-19-16(18-3)20-11-17(8-6-7-9-17)15(23)22(4)5;/h6-11H2,1-5H3,(H2,18,19,20);1H. The van der Waals surface area contributed by atoms with Gasteiger partial charge in [0, 0.05) is 39.8 Å². The lowest BCUT2D eigenvalue weighted by Gasteiger charge is -2.31. The molecule has 2 rings (SSSR count). The fraction of sp³-hybridized carbons (Fsp3) is 0.706. The van der Waals surface area contributed by atoms with E-state index in [1.807, 2.05) is 27.9 Å². The fourth-order valence-electron chi connectivity index (χ4n) is 3.39. The van der Waals surface area contributed by atoms with Crippen LogP contribution in [0.5, 0.6) is 0 Å². The zero-order valence-electron chi connectivity index (χ0n) is 15.8. The van der Waals surface area contributed by atoms with E-state index in [-0.39, 0.29) is 35.3 Å². The largest absolute Gasteiger partial charge is 0.361 e. The van der Waals surface area contributed by atoms with E-state index in [0.29, 0.717) is 19.0 Å². The Kier molecular flexibility index (Phi) is 8.17. The quantitative estimate of drug-likeness (QED) is 0.398. The average Bonchev–Trinajstić information content (AvgIpc) is 3.16. The van der Waals surface area contributed by atoms with Gasteiger partial charge >= 0.3 is 0 Å². The summed E-state index contributed by atoms with van der Waals surface area (Å²) in [5.41, 5.74) is 1.60. The second kappa shape index (κ2) is 9.40. The average molecular weight is 463 g/mol. The maximum absolute atomic E-state index is 12.6. The number of amides is 1. The van der Waals surface area contributed by atoms with E-state index in [0.717, 1.165) is 42.7 Å². The molecule has 0 bridgehead atoms. The van der Waals surface area contributed by atoms with Crippen LogP contribution in [-0.4, -0.2) is 49.6 Å². The summed E-state index contributed by atoms with van der Waals surface area (Å²) in [6.45, 7) is 5.02. The van der Waals surface area contributed by atoms with Gasteiger partial charge in [-0.2, -0.15) is 0 Å². The van der Waals surface area contributed by atoms with E-state index in [2.05, 4.69) is 20.8 Å². The van der Waals surface area contributed by atoms with E-state index in [9.17, 15) is 4.79 Å². The molecule has 0 radical (unpaired) electrons. The molecule has 1 aliphatic rings. The lowest BCUT2D eigenvalue weighted by molar-refractivity contribution is -0.138. The molecule has 2 N–H and O–H groups in total. The van der Waals surface area contributed by atoms with E-state index >= 15 is 0 Å². The van der Waals surface area contributed by atoms with Gasteiger partial charge in [0.15, 0.2) is 5.96 Å². The number of nitrogens with zero attached hydrogens (tertiary/aromatic N) is 3. The Labute approximate surface area is 167 Å². The highest BCUT2D eigenvalue weighted by molar-refractivity contribution is 14.0. The minimum absolute atomic E-state index is 0. The van der Waals surface area contributed by atoms with Gasteiger partial charge < -0.3 is 20.1 Å². The van der Waals surface area contributed by atoms with Crippen LogP contribution in [0.2, 0.25) is 0 Å². The summed E-state index contributed by atoms with van der Waals surface area (Å²) in [7, 11) is 5.39. The van der Waals surface area contributed by atoms with E-state index < -0.39 is 0 Å². The second-order valence-corrected chi connectivity index (χ2v) is 6.77. The van der Waals surface area contributed by atoms with Crippen molar-refractivity contribution in [2.24, 2.45) is 10.4 Å². The summed E-state index contributed by atoms with van der Waals surface area (Å²) < 4.78 is 5.18. The third-order valence-electron chi connectivity index (χ3n) is 4.85. The van der Waals surface area contributed by atoms with Gasteiger partial charge in [-0.25, -0.2) is 0 Å². The van der Waals surface area contributed by atoms with Crippen LogP contribution < -0.4 is 10.6 Å². The Bertz CT molecular complexity index is 587. The number of carbonyl (C=O) groups excluding carboxylic acids is 1. The number of aromatic nitrogens is 1. The molecule has 1 fully saturated rings. The minimum Gasteiger partial charge on any atom is -0.361 e. The number of aliphatic imine (C=N–C) groups is 1. The zero-order chi connectivity index (χ0) is 17.7. The summed E-state index contributed by atoms with van der Waals surface area (Å²) in [5, 5.41) is 10.6. The molecule has 8 heteroatoms. The molecule has 0 aromatic carbocycles. The molecule has 25 heavy (non-hydrogen) atoms. The van der Waals surface area contributed by atoms with Crippen LogP contribution >= 0.6 is 24.0 Å². The van der Waals surface area contributed by atoms with Crippen molar-refractivity contribution in [2.45, 2.75) is 46.1 Å². The third kappa shape index (κ3) is 5.08. The lowest BCUT2D eigenvalue weighted by atomic mass is 9.84. The SMILES string of the molecule is CN=C(NCc1c(C)noc1C)NCC1(C(=O)N(C)C)CCCC1.I. The molecular weight excluding hydrogens is 433 g/mol. The smallest absolute Gasteiger partial charge is 0.230 e. The van der Waals surface area contributed by atoms with Gasteiger partial charge in [-0.3, -0.25) is 9.79 Å². The zero-order valence-corrected chi connectivity index (χ0v) is 18.1. The van der Waals surface area contributed by atoms with Gasteiger partial charge in [-0.15, -0.1) is 24.0 Å². The van der Waals surface area contributed by atoms with Crippen molar-refractivity contribution >= 4 is 35.8 Å². The molecule has 0 spiro atoms. The topological polar surface area (TPSA) is 82.8 Å². The molecule has 1 aromatic heterocycles. The number of halogens is 1. The summed E-state index contributed by atoms with van der Waals surface area (Å²) in [5.74, 6) is 1.70. The summed E-state index contributed by atoms with van der Waals surface area (Å²) >= 11 is 0. The molecule has 0 saturated heterocycles. The minimum atomic E-state index is -0.315. The Morgan fingerprint density at radius 3 is 2.40 bits per heavy atom. The molecule has 7 nitrogen and oxygen atoms in total. The maximum Gasteiger partial charge on any atom is 0.230 e. The predicted molar refractivity (Wildman–Crippen MR) is 109 cm³/mol. The van der Waals surface area contributed by atoms with Crippen LogP contribution in [0.1, 0.15) is 42.7 Å². The number of hydrogen-bond donors (Lipinski definition) is 2. The van der Waals surface area contributed by atoms with Gasteiger partial charge in [-0.1, -0.05) is 18.0 Å². The Morgan fingerprint density at radius 2 is 1.92 bits per heavy atom. The predicted octanol–water partition coefficient (Wildman–Crippen LogP) is 2.22. The molecule has 1 aliphatic carbocycles. The summed E-state index contributed by atoms with van der Waals surface area (Å²) in [6.07, 6.45) is 4.06. The van der Waals surface area contributed by atoms with Crippen molar-refractivity contribution < 1.29 is 9.32 Å². The van der Waals surface area contributed by atoms with Gasteiger partial charge in [-0.05, 0) is 26.7 Å². The molecule has 1 heterocycles. The van der Waals surface area contributed by atoms with Crippen LogP contribution in [0.3, 0.4) is 0 Å². The van der Waals surface area contributed by atoms with Crippen molar-refractivity contribution in [3.05, 3.63) is 17.0 Å². The molecule has 0 aliphatic heterocycles. The second-order valence-electron chi connectivity index (χ2n) is 6.77. The highest BCUT2D eigenvalue weighted by Gasteiger charge is 2.42. The number of guanidine groups is 1. The van der Waals surface area contributed by atoms with E-state index in [1.54, 1.807) is 11.9 Å². The molecule has 0 atom stereocenters. The Balaban J connectivity index is 0.00000312. The van der Waals surface area contributed by atoms with Crippen LogP contribution in [0.25, 0.3) is 0 Å². The number of nitrogens with one attached hydrogen (secondary N) is 2. The van der Waals surface area contributed by atoms with Gasteiger partial charge in [0.2, 0.25) is 5.91 Å². The normalized spacial score (nSPS) is 16.3. The van der Waals surface area contributed by atoms with E-state index in [1.165, 1.54) is 0 Å². The fourth-order valence-corrected chi connectivity index (χ4v) is 3.39. The van der Waals surface area contributed by atoms with Crippen molar-refractivity contribution in [3.63, 3.8) is 0 Å². The molecule has 0 unspecified atom stereocenters. The first-order chi connectivity index (χ1) is 11.4. The van der Waals surface area contributed by atoms with Gasteiger partial charge in [0.1, 0.15) is 5.76 Å². The number of hydrogen-bond acceptors (Lipinski definition) is 4. The highest BCUT2D eigenvalue weighted by Crippen LogP contribution is 2.38. The monoisotopic (exact) mass is 463 g/mol. The maximum atomic E-state index is 12.6. The molecule has 1 aromatic rings. The molecule has 1 amide bonds. The number of aryl methyl sites for hydroxylation is 2. The van der Waals surface area contributed by atoms with Gasteiger partial charge in [0.05, 0.1) is 11.1 Å². The summed E-state index contributed by atoms with van der Waals surface area (Å²) in [4.78, 5) is 18.6. The molecule has 142 valence electrons. The Hall–Kier alpha value is -1.32. The first-order valence-corrected chi connectivity index (χ1v) is 8.47. The molecule has 1 saturated carbocycles. The Morgan fingerprint density at radius 1 is 1.28 bits per heavy atom. The first-order valence-electron chi connectivity index (χ1n) is 8.47. The van der Waals surface area contributed by atoms with Crippen molar-refractivity contribution in [2.75, 3.05) is 27.7 Å². The van der Waals surface area contributed by atoms with Crippen LogP contribution in [-0.2, 0) is 11.3 Å². The highest BCUT2D eigenvalue weighted by atomic mass is 127. The third-order valence-corrected chi connectivity index (χ3v) is 4.85. The number of carbonyl (C=O) groups is 1. The first kappa shape index (κ1) is 21.7. The van der Waals surface area contributed by atoms with Crippen LogP contribution in [0.4, 0.5) is 0 Å². The molecular formula is C17H30IN5O2. The van der Waals surface area contributed by atoms with Crippen molar-refractivity contribution in [3.8, 4) is 0 Å². The van der Waals surface area contributed by atoms with Crippen LogP contribution in [0.15, 0.2) is 9.52 Å². The van der Waals surface area contributed by atoms with E-state index in [4.69, 9.17) is 4.52 Å². The lowest BCUT2D eigenvalue weighted by Crippen LogP contribution is -2.49.